The SMILES string of the molecule is Cc1cc(C)nc(NC(=O)c2ccc(Cn3cc(Cl)cn3)o2)n1. The zero-order valence-electron chi connectivity index (χ0n) is 12.6. The minimum absolute atomic E-state index is 0.181. The second-order valence-electron chi connectivity index (χ2n) is 5.05. The Kier molecular flexibility index (Phi) is 4.12. The summed E-state index contributed by atoms with van der Waals surface area (Å²) in [5.74, 6) is 0.626. The molecule has 23 heavy (non-hydrogen) atoms. The van der Waals surface area contributed by atoms with Crippen LogP contribution in [0.3, 0.4) is 0 Å². The molecule has 0 spiro atoms. The summed E-state index contributed by atoms with van der Waals surface area (Å²) in [7, 11) is 0. The van der Waals surface area contributed by atoms with Crippen LogP contribution in [0.5, 0.6) is 0 Å². The molecule has 8 heteroatoms. The van der Waals surface area contributed by atoms with Gasteiger partial charge < -0.3 is 4.42 Å². The van der Waals surface area contributed by atoms with Gasteiger partial charge in [-0.05, 0) is 32.0 Å². The second-order valence-corrected chi connectivity index (χ2v) is 5.49. The first-order valence-corrected chi connectivity index (χ1v) is 7.28. The Hall–Kier alpha value is -2.67. The Morgan fingerprint density at radius 2 is 2.04 bits per heavy atom. The van der Waals surface area contributed by atoms with Gasteiger partial charge in [0.15, 0.2) is 5.76 Å². The van der Waals surface area contributed by atoms with E-state index in [1.165, 1.54) is 6.20 Å². The number of nitrogens with zero attached hydrogens (tertiary/aromatic N) is 4. The lowest BCUT2D eigenvalue weighted by Crippen LogP contribution is -2.14. The molecule has 3 aromatic rings. The van der Waals surface area contributed by atoms with Crippen molar-refractivity contribution in [2.24, 2.45) is 0 Å². The van der Waals surface area contributed by atoms with Crippen molar-refractivity contribution in [3.8, 4) is 0 Å². The molecule has 118 valence electrons. The summed E-state index contributed by atoms with van der Waals surface area (Å²) in [6.07, 6.45) is 3.21. The number of nitrogens with one attached hydrogen (secondary N) is 1. The second kappa shape index (κ2) is 6.21. The summed E-state index contributed by atoms with van der Waals surface area (Å²) in [6.45, 7) is 4.06. The maximum absolute atomic E-state index is 12.2. The highest BCUT2D eigenvalue weighted by Crippen LogP contribution is 2.13. The van der Waals surface area contributed by atoms with E-state index in [1.807, 2.05) is 19.9 Å². The molecular weight excluding hydrogens is 318 g/mol. The molecule has 3 aromatic heterocycles. The molecule has 7 nitrogen and oxygen atoms in total. The molecule has 0 atom stereocenters. The molecule has 1 amide bonds. The summed E-state index contributed by atoms with van der Waals surface area (Å²) < 4.78 is 7.14. The van der Waals surface area contributed by atoms with Crippen LogP contribution in [0.4, 0.5) is 5.95 Å². The van der Waals surface area contributed by atoms with Crippen LogP contribution < -0.4 is 5.32 Å². The zero-order chi connectivity index (χ0) is 16.4. The summed E-state index contributed by atoms with van der Waals surface area (Å²) >= 11 is 5.81. The van der Waals surface area contributed by atoms with Crippen LogP contribution in [-0.2, 0) is 6.54 Å². The maximum Gasteiger partial charge on any atom is 0.293 e. The number of anilines is 1. The normalized spacial score (nSPS) is 10.7. The smallest absolute Gasteiger partial charge is 0.293 e. The molecule has 3 heterocycles. The van der Waals surface area contributed by atoms with E-state index in [4.69, 9.17) is 16.0 Å². The van der Waals surface area contributed by atoms with E-state index in [0.717, 1.165) is 11.4 Å². The van der Waals surface area contributed by atoms with Crippen LogP contribution in [0.2, 0.25) is 5.02 Å². The van der Waals surface area contributed by atoms with Gasteiger partial charge in [-0.3, -0.25) is 14.8 Å². The largest absolute Gasteiger partial charge is 0.454 e. The number of amides is 1. The average Bonchev–Trinajstić information content (AvgIpc) is 3.07. The number of carbonyl (C=O) groups is 1. The third-order valence-corrected chi connectivity index (χ3v) is 3.21. The number of aromatic nitrogens is 4. The summed E-state index contributed by atoms with van der Waals surface area (Å²) in [4.78, 5) is 20.5. The van der Waals surface area contributed by atoms with Gasteiger partial charge in [0.05, 0.1) is 17.8 Å². The maximum atomic E-state index is 12.2. The van der Waals surface area contributed by atoms with Crippen LogP contribution in [0.25, 0.3) is 0 Å². The van der Waals surface area contributed by atoms with Crippen molar-refractivity contribution < 1.29 is 9.21 Å². The third-order valence-electron chi connectivity index (χ3n) is 3.01. The predicted molar refractivity (Wildman–Crippen MR) is 84.5 cm³/mol. The highest BCUT2D eigenvalue weighted by atomic mass is 35.5. The van der Waals surface area contributed by atoms with Gasteiger partial charge in [0.25, 0.3) is 5.91 Å². The van der Waals surface area contributed by atoms with Crippen LogP contribution >= 0.6 is 11.6 Å². The van der Waals surface area contributed by atoms with E-state index in [-0.39, 0.29) is 11.7 Å². The molecular formula is C15H14ClN5O2. The van der Waals surface area contributed by atoms with E-state index in [9.17, 15) is 4.79 Å². The number of halogens is 1. The van der Waals surface area contributed by atoms with Gasteiger partial charge in [0, 0.05) is 17.6 Å². The molecule has 3 rings (SSSR count). The first kappa shape index (κ1) is 15.2. The number of hydrogen-bond acceptors (Lipinski definition) is 5. The summed E-state index contributed by atoms with van der Waals surface area (Å²) in [5.41, 5.74) is 1.56. The Bertz CT molecular complexity index is 835. The molecule has 0 aliphatic carbocycles. The highest BCUT2D eigenvalue weighted by molar-refractivity contribution is 6.30. The highest BCUT2D eigenvalue weighted by Gasteiger charge is 2.13. The fourth-order valence-electron chi connectivity index (χ4n) is 2.11. The summed E-state index contributed by atoms with van der Waals surface area (Å²) in [5, 5.41) is 7.22. The molecule has 0 saturated heterocycles. The van der Waals surface area contributed by atoms with Gasteiger partial charge in [-0.1, -0.05) is 11.6 Å². The lowest BCUT2D eigenvalue weighted by molar-refractivity contribution is 0.0994. The molecule has 0 radical (unpaired) electrons. The minimum Gasteiger partial charge on any atom is -0.454 e. The van der Waals surface area contributed by atoms with Crippen molar-refractivity contribution in [2.75, 3.05) is 5.32 Å². The number of carbonyl (C=O) groups excluding carboxylic acids is 1. The molecule has 0 unspecified atom stereocenters. The van der Waals surface area contributed by atoms with Gasteiger partial charge in [0.2, 0.25) is 5.95 Å². The first-order valence-electron chi connectivity index (χ1n) is 6.90. The van der Waals surface area contributed by atoms with E-state index in [1.54, 1.807) is 23.0 Å². The molecule has 0 aliphatic rings. The first-order chi connectivity index (χ1) is 11.0. The number of rotatable bonds is 4. The van der Waals surface area contributed by atoms with E-state index in [0.29, 0.717) is 17.3 Å². The monoisotopic (exact) mass is 331 g/mol. The topological polar surface area (TPSA) is 85.8 Å². The van der Waals surface area contributed by atoms with Gasteiger partial charge >= 0.3 is 0 Å². The van der Waals surface area contributed by atoms with Gasteiger partial charge in [-0.15, -0.1) is 0 Å². The zero-order valence-corrected chi connectivity index (χ0v) is 13.3. The van der Waals surface area contributed by atoms with Crippen LogP contribution in [0.1, 0.15) is 27.7 Å². The Balaban J connectivity index is 1.70. The van der Waals surface area contributed by atoms with Crippen LogP contribution in [0.15, 0.2) is 35.0 Å². The lowest BCUT2D eigenvalue weighted by Gasteiger charge is -2.04. The molecule has 1 N–H and O–H groups in total. The van der Waals surface area contributed by atoms with Gasteiger partial charge in [-0.2, -0.15) is 5.10 Å². The number of aryl methyl sites for hydroxylation is 2. The van der Waals surface area contributed by atoms with E-state index < -0.39 is 5.91 Å². The fourth-order valence-corrected chi connectivity index (χ4v) is 2.27. The molecule has 0 aromatic carbocycles. The summed E-state index contributed by atoms with van der Waals surface area (Å²) in [6, 6.07) is 5.14. The fraction of sp³-hybridized carbons (Fsp3) is 0.200. The van der Waals surface area contributed by atoms with Crippen molar-refractivity contribution in [1.82, 2.24) is 19.7 Å². The number of furan rings is 1. The number of hydrogen-bond donors (Lipinski definition) is 1. The molecule has 0 aliphatic heterocycles. The van der Waals surface area contributed by atoms with Crippen molar-refractivity contribution in [3.63, 3.8) is 0 Å². The van der Waals surface area contributed by atoms with Crippen molar-refractivity contribution in [2.45, 2.75) is 20.4 Å². The molecule has 0 saturated carbocycles. The minimum atomic E-state index is -0.403. The third kappa shape index (κ3) is 3.75. The van der Waals surface area contributed by atoms with Crippen molar-refractivity contribution in [1.29, 1.82) is 0 Å². The molecule has 0 fully saturated rings. The van der Waals surface area contributed by atoms with E-state index >= 15 is 0 Å². The average molecular weight is 332 g/mol. The Morgan fingerprint density at radius 1 is 1.30 bits per heavy atom. The standard InChI is InChI=1S/C15H14ClN5O2/c1-9-5-10(2)19-15(18-9)20-14(22)13-4-3-12(23-13)8-21-7-11(16)6-17-21/h3-7H,8H2,1-2H3,(H,18,19,20,22). The van der Waals surface area contributed by atoms with Gasteiger partial charge in [-0.25, -0.2) is 9.97 Å². The Labute approximate surface area is 137 Å². The van der Waals surface area contributed by atoms with Crippen molar-refractivity contribution >= 4 is 23.5 Å². The van der Waals surface area contributed by atoms with Crippen molar-refractivity contribution in [3.05, 3.63) is 58.5 Å². The van der Waals surface area contributed by atoms with Crippen LogP contribution in [0, 0.1) is 13.8 Å². The quantitative estimate of drug-likeness (QED) is 0.794. The lowest BCUT2D eigenvalue weighted by atomic mass is 10.3. The Morgan fingerprint density at radius 3 is 2.70 bits per heavy atom. The van der Waals surface area contributed by atoms with E-state index in [2.05, 4.69) is 20.4 Å². The predicted octanol–water partition coefficient (Wildman–Crippen LogP) is 2.84. The van der Waals surface area contributed by atoms with Crippen LogP contribution in [-0.4, -0.2) is 25.7 Å². The van der Waals surface area contributed by atoms with Gasteiger partial charge in [0.1, 0.15) is 5.76 Å². The molecule has 0 bridgehead atoms.